The third kappa shape index (κ3) is 2.85. The van der Waals surface area contributed by atoms with Crippen molar-refractivity contribution >= 4 is 5.69 Å². The molecule has 0 aliphatic carbocycles. The fourth-order valence-electron chi connectivity index (χ4n) is 1.70. The molecule has 0 unspecified atom stereocenters. The van der Waals surface area contributed by atoms with Crippen LogP contribution in [0.1, 0.15) is 11.1 Å². The number of para-hydroxylation sites is 1. The van der Waals surface area contributed by atoms with Crippen molar-refractivity contribution in [1.29, 1.82) is 0 Å². The molecule has 0 aliphatic rings. The Morgan fingerprint density at radius 2 is 1.89 bits per heavy atom. The van der Waals surface area contributed by atoms with E-state index in [4.69, 9.17) is 4.74 Å². The summed E-state index contributed by atoms with van der Waals surface area (Å²) in [7, 11) is 0. The molecule has 0 spiro atoms. The normalized spacial score (nSPS) is 10.1. The summed E-state index contributed by atoms with van der Waals surface area (Å²) in [6, 6.07) is 14.5. The quantitative estimate of drug-likeness (QED) is 0.610. The van der Waals surface area contributed by atoms with Crippen molar-refractivity contribution in [3.8, 4) is 5.75 Å². The van der Waals surface area contributed by atoms with Gasteiger partial charge in [0.15, 0.2) is 0 Å². The average Bonchev–Trinajstić information content (AvgIpc) is 2.37. The average molecular weight is 243 g/mol. The summed E-state index contributed by atoms with van der Waals surface area (Å²) < 4.78 is 5.58. The topological polar surface area (TPSA) is 52.4 Å². The Morgan fingerprint density at radius 3 is 2.50 bits per heavy atom. The molecular formula is C14H13NO3. The highest BCUT2D eigenvalue weighted by atomic mass is 16.6. The number of hydrogen-bond acceptors (Lipinski definition) is 3. The van der Waals surface area contributed by atoms with Gasteiger partial charge in [-0.25, -0.2) is 0 Å². The number of rotatable bonds is 4. The van der Waals surface area contributed by atoms with Crippen molar-refractivity contribution in [3.63, 3.8) is 0 Å². The monoisotopic (exact) mass is 243 g/mol. The van der Waals surface area contributed by atoms with Crippen LogP contribution in [0.3, 0.4) is 0 Å². The third-order valence-electron chi connectivity index (χ3n) is 2.61. The number of ether oxygens (including phenoxy) is 1. The Bertz CT molecular complexity index is 552. The first-order valence-electron chi connectivity index (χ1n) is 5.58. The Morgan fingerprint density at radius 1 is 1.17 bits per heavy atom. The largest absolute Gasteiger partial charge is 0.489 e. The molecule has 0 aromatic heterocycles. The molecule has 0 fully saturated rings. The van der Waals surface area contributed by atoms with Crippen molar-refractivity contribution in [1.82, 2.24) is 0 Å². The number of aryl methyl sites for hydroxylation is 1. The standard InChI is InChI=1S/C14H13NO3/c1-11-9-12(7-8-14(11)15(16)17)10-18-13-5-3-2-4-6-13/h2-9H,10H2,1H3. The second-order valence-electron chi connectivity index (χ2n) is 3.98. The Balaban J connectivity index is 2.07. The zero-order chi connectivity index (χ0) is 13.0. The van der Waals surface area contributed by atoms with Crippen LogP contribution >= 0.6 is 0 Å². The molecule has 2 rings (SSSR count). The lowest BCUT2D eigenvalue weighted by molar-refractivity contribution is -0.385. The SMILES string of the molecule is Cc1cc(COc2ccccc2)ccc1[N+](=O)[O-]. The predicted molar refractivity (Wildman–Crippen MR) is 68.6 cm³/mol. The fourth-order valence-corrected chi connectivity index (χ4v) is 1.70. The van der Waals surface area contributed by atoms with E-state index in [-0.39, 0.29) is 10.6 Å². The van der Waals surface area contributed by atoms with Crippen molar-refractivity contribution in [2.75, 3.05) is 0 Å². The highest BCUT2D eigenvalue weighted by Crippen LogP contribution is 2.20. The minimum Gasteiger partial charge on any atom is -0.489 e. The molecule has 2 aromatic carbocycles. The second kappa shape index (κ2) is 5.31. The number of nitro benzene ring substituents is 1. The third-order valence-corrected chi connectivity index (χ3v) is 2.61. The zero-order valence-electron chi connectivity index (χ0n) is 10.00. The molecule has 0 atom stereocenters. The number of nitro groups is 1. The minimum atomic E-state index is -0.378. The van der Waals surface area contributed by atoms with E-state index in [2.05, 4.69) is 0 Å². The van der Waals surface area contributed by atoms with E-state index in [1.165, 1.54) is 6.07 Å². The maximum absolute atomic E-state index is 10.7. The predicted octanol–water partition coefficient (Wildman–Crippen LogP) is 3.48. The van der Waals surface area contributed by atoms with E-state index >= 15 is 0 Å². The van der Waals surface area contributed by atoms with Crippen molar-refractivity contribution in [3.05, 3.63) is 69.8 Å². The maximum Gasteiger partial charge on any atom is 0.272 e. The van der Waals surface area contributed by atoms with E-state index in [1.54, 1.807) is 19.1 Å². The van der Waals surface area contributed by atoms with Gasteiger partial charge < -0.3 is 4.74 Å². The van der Waals surface area contributed by atoms with E-state index in [0.717, 1.165) is 11.3 Å². The first kappa shape index (κ1) is 12.1. The van der Waals surface area contributed by atoms with Crippen LogP contribution in [0.2, 0.25) is 0 Å². The van der Waals surface area contributed by atoms with Crippen LogP contribution in [0.4, 0.5) is 5.69 Å². The summed E-state index contributed by atoms with van der Waals surface area (Å²) in [5, 5.41) is 10.7. The van der Waals surface area contributed by atoms with E-state index in [0.29, 0.717) is 12.2 Å². The van der Waals surface area contributed by atoms with Crippen LogP contribution in [0.25, 0.3) is 0 Å². The van der Waals surface area contributed by atoms with Crippen LogP contribution in [-0.4, -0.2) is 4.92 Å². The summed E-state index contributed by atoms with van der Waals surface area (Å²) in [4.78, 5) is 10.3. The molecule has 0 N–H and O–H groups in total. The molecule has 18 heavy (non-hydrogen) atoms. The van der Waals surface area contributed by atoms with Crippen molar-refractivity contribution in [2.45, 2.75) is 13.5 Å². The first-order chi connectivity index (χ1) is 8.66. The van der Waals surface area contributed by atoms with Gasteiger partial charge in [-0.1, -0.05) is 18.2 Å². The van der Waals surface area contributed by atoms with Gasteiger partial charge in [0.05, 0.1) is 4.92 Å². The molecule has 4 heteroatoms. The van der Waals surface area contributed by atoms with Gasteiger partial charge in [0.1, 0.15) is 12.4 Å². The van der Waals surface area contributed by atoms with Crippen LogP contribution in [0.15, 0.2) is 48.5 Å². The van der Waals surface area contributed by atoms with Gasteiger partial charge in [-0.05, 0) is 36.8 Å². The summed E-state index contributed by atoms with van der Waals surface area (Å²) in [5.41, 5.74) is 1.70. The lowest BCUT2D eigenvalue weighted by Crippen LogP contribution is -1.97. The van der Waals surface area contributed by atoms with Gasteiger partial charge >= 0.3 is 0 Å². The first-order valence-corrected chi connectivity index (χ1v) is 5.58. The smallest absolute Gasteiger partial charge is 0.272 e. The van der Waals surface area contributed by atoms with Gasteiger partial charge in [0.2, 0.25) is 0 Å². The molecule has 0 amide bonds. The van der Waals surface area contributed by atoms with Gasteiger partial charge in [0, 0.05) is 11.6 Å². The second-order valence-corrected chi connectivity index (χ2v) is 3.98. The molecule has 92 valence electrons. The van der Waals surface area contributed by atoms with E-state index < -0.39 is 0 Å². The number of hydrogen-bond donors (Lipinski definition) is 0. The number of nitrogens with zero attached hydrogens (tertiary/aromatic N) is 1. The molecular weight excluding hydrogens is 230 g/mol. The highest BCUT2D eigenvalue weighted by Gasteiger charge is 2.10. The molecule has 4 nitrogen and oxygen atoms in total. The summed E-state index contributed by atoms with van der Waals surface area (Å²) in [6.07, 6.45) is 0. The summed E-state index contributed by atoms with van der Waals surface area (Å²) >= 11 is 0. The lowest BCUT2D eigenvalue weighted by Gasteiger charge is -2.06. The molecule has 2 aromatic rings. The summed E-state index contributed by atoms with van der Waals surface area (Å²) in [6.45, 7) is 2.13. The van der Waals surface area contributed by atoms with Crippen molar-refractivity contribution in [2.24, 2.45) is 0 Å². The van der Waals surface area contributed by atoms with Crippen LogP contribution in [0, 0.1) is 17.0 Å². The lowest BCUT2D eigenvalue weighted by atomic mass is 10.1. The van der Waals surface area contributed by atoms with Gasteiger partial charge in [-0.15, -0.1) is 0 Å². The molecule has 0 saturated heterocycles. The maximum atomic E-state index is 10.7. The zero-order valence-corrected chi connectivity index (χ0v) is 10.00. The Hall–Kier alpha value is -2.36. The van der Waals surface area contributed by atoms with Gasteiger partial charge in [-0.2, -0.15) is 0 Å². The van der Waals surface area contributed by atoms with Crippen LogP contribution in [0.5, 0.6) is 5.75 Å². The molecule has 0 saturated carbocycles. The Labute approximate surface area is 105 Å². The summed E-state index contributed by atoms with van der Waals surface area (Å²) in [5.74, 6) is 0.786. The van der Waals surface area contributed by atoms with E-state index in [1.807, 2.05) is 30.3 Å². The molecule has 0 aliphatic heterocycles. The fraction of sp³-hybridized carbons (Fsp3) is 0.143. The molecule has 0 heterocycles. The van der Waals surface area contributed by atoms with Crippen molar-refractivity contribution < 1.29 is 9.66 Å². The molecule has 0 radical (unpaired) electrons. The van der Waals surface area contributed by atoms with Crippen LogP contribution in [-0.2, 0) is 6.61 Å². The van der Waals surface area contributed by atoms with Crippen LogP contribution < -0.4 is 4.74 Å². The van der Waals surface area contributed by atoms with Gasteiger partial charge in [-0.3, -0.25) is 10.1 Å². The Kier molecular flexibility index (Phi) is 3.57. The van der Waals surface area contributed by atoms with Gasteiger partial charge in [0.25, 0.3) is 5.69 Å². The highest BCUT2D eigenvalue weighted by molar-refractivity contribution is 5.41. The van der Waals surface area contributed by atoms with E-state index in [9.17, 15) is 10.1 Å². The number of benzene rings is 2. The molecule has 0 bridgehead atoms. The minimum absolute atomic E-state index is 0.137.